The predicted octanol–water partition coefficient (Wildman–Crippen LogP) is 2.26. The fraction of sp³-hybridized carbons (Fsp3) is 0.333. The summed E-state index contributed by atoms with van der Waals surface area (Å²) in [7, 11) is 2.05. The molecule has 0 aliphatic rings. The van der Waals surface area contributed by atoms with Crippen molar-refractivity contribution < 1.29 is 0 Å². The Morgan fingerprint density at radius 3 is 2.95 bits per heavy atom. The third-order valence-electron chi connectivity index (χ3n) is 3.12. The second kappa shape index (κ2) is 4.92. The lowest BCUT2D eigenvalue weighted by atomic mass is 10.3. The lowest BCUT2D eigenvalue weighted by molar-refractivity contribution is 0.876. The number of imidazole rings is 1. The highest BCUT2D eigenvalue weighted by atomic mass is 32.1. The molecule has 0 amide bonds. The third kappa shape index (κ3) is 2.13. The number of hydrogen-bond acceptors (Lipinski definition) is 6. The maximum Gasteiger partial charge on any atom is 0.195 e. The van der Waals surface area contributed by atoms with Gasteiger partial charge in [-0.2, -0.15) is 0 Å². The van der Waals surface area contributed by atoms with Crippen LogP contribution in [0.2, 0.25) is 0 Å². The van der Waals surface area contributed by atoms with Gasteiger partial charge in [-0.25, -0.2) is 9.97 Å². The Balaban J connectivity index is 1.94. The monoisotopic (exact) mass is 293 g/mol. The molecule has 0 aliphatic carbocycles. The summed E-state index contributed by atoms with van der Waals surface area (Å²) in [4.78, 5) is 13.3. The molecule has 0 aromatic carbocycles. The van der Waals surface area contributed by atoms with E-state index in [1.807, 2.05) is 31.1 Å². The summed E-state index contributed by atoms with van der Waals surface area (Å²) in [5, 5.41) is 2.03. The maximum absolute atomic E-state index is 5.87. The lowest BCUT2D eigenvalue weighted by Crippen LogP contribution is -2.19. The van der Waals surface area contributed by atoms with Gasteiger partial charge in [0.2, 0.25) is 0 Å². The number of fused-ring (bicyclic) bond motifs is 1. The van der Waals surface area contributed by atoms with Crippen LogP contribution in [0, 0.1) is 6.92 Å². The molecular weight excluding hydrogens is 278 g/mol. The zero-order valence-corrected chi connectivity index (χ0v) is 12.5. The molecule has 0 fully saturated rings. The van der Waals surface area contributed by atoms with Gasteiger partial charge in [0.1, 0.15) is 0 Å². The first-order valence-corrected chi connectivity index (χ1v) is 7.71. The van der Waals surface area contributed by atoms with Gasteiger partial charge in [0, 0.05) is 30.0 Å². The molecule has 3 heterocycles. The number of rotatable bonds is 4. The quantitative estimate of drug-likeness (QED) is 0.801. The van der Waals surface area contributed by atoms with Crippen LogP contribution in [0.4, 0.5) is 5.82 Å². The average Bonchev–Trinajstić information content (AvgIpc) is 3.05. The van der Waals surface area contributed by atoms with Crippen LogP contribution in [0.3, 0.4) is 0 Å². The molecule has 19 heavy (non-hydrogen) atoms. The van der Waals surface area contributed by atoms with Crippen LogP contribution in [0.1, 0.15) is 16.3 Å². The zero-order valence-electron chi connectivity index (χ0n) is 10.8. The fourth-order valence-corrected chi connectivity index (χ4v) is 3.64. The summed E-state index contributed by atoms with van der Waals surface area (Å²) >= 11 is 3.31. The molecule has 2 N–H and O–H groups in total. The van der Waals surface area contributed by atoms with Gasteiger partial charge in [-0.3, -0.25) is 4.40 Å². The molecule has 0 spiro atoms. The number of nitrogens with two attached hydrogens (primary N) is 1. The van der Waals surface area contributed by atoms with Crippen molar-refractivity contribution in [3.63, 3.8) is 0 Å². The molecule has 100 valence electrons. The topological polar surface area (TPSA) is 59.5 Å². The highest BCUT2D eigenvalue weighted by molar-refractivity contribution is 7.15. The number of nitrogens with zero attached hydrogens (tertiary/aromatic N) is 4. The normalized spacial score (nSPS) is 11.3. The summed E-state index contributed by atoms with van der Waals surface area (Å²) in [5.41, 5.74) is 9.90. The molecule has 0 saturated carbocycles. The smallest absolute Gasteiger partial charge is 0.195 e. The first-order valence-electron chi connectivity index (χ1n) is 5.95. The van der Waals surface area contributed by atoms with Gasteiger partial charge in [-0.1, -0.05) is 0 Å². The molecular formula is C12H15N5S2. The summed E-state index contributed by atoms with van der Waals surface area (Å²) in [6.45, 7) is 3.34. The van der Waals surface area contributed by atoms with Crippen molar-refractivity contribution in [2.24, 2.45) is 5.73 Å². The Hall–Kier alpha value is -1.44. The second-order valence-corrected chi connectivity index (χ2v) is 6.17. The molecule has 7 heteroatoms. The number of aromatic nitrogens is 3. The van der Waals surface area contributed by atoms with Crippen molar-refractivity contribution in [1.29, 1.82) is 0 Å². The van der Waals surface area contributed by atoms with Crippen molar-refractivity contribution in [1.82, 2.24) is 14.4 Å². The minimum absolute atomic E-state index is 0.485. The van der Waals surface area contributed by atoms with E-state index in [4.69, 9.17) is 5.73 Å². The predicted molar refractivity (Wildman–Crippen MR) is 79.9 cm³/mol. The summed E-state index contributed by atoms with van der Waals surface area (Å²) in [6, 6.07) is 0. The van der Waals surface area contributed by atoms with Crippen molar-refractivity contribution in [3.05, 3.63) is 33.4 Å². The standard InChI is InChI=1S/C12H15N5S2/c1-8-10(19-7-14-8)6-16(2)11-9(5-13)17-3-4-18-12(17)15-11/h3-4,7H,5-6,13H2,1-2H3. The Morgan fingerprint density at radius 2 is 2.26 bits per heavy atom. The van der Waals surface area contributed by atoms with Gasteiger partial charge in [0.25, 0.3) is 0 Å². The minimum atomic E-state index is 0.485. The molecule has 0 aliphatic heterocycles. The van der Waals surface area contributed by atoms with E-state index >= 15 is 0 Å². The first-order chi connectivity index (χ1) is 9.20. The molecule has 0 bridgehead atoms. The van der Waals surface area contributed by atoms with E-state index in [2.05, 4.69) is 19.3 Å². The summed E-state index contributed by atoms with van der Waals surface area (Å²) < 4.78 is 2.07. The van der Waals surface area contributed by atoms with E-state index in [-0.39, 0.29) is 0 Å². The first kappa shape index (κ1) is 12.6. The van der Waals surface area contributed by atoms with Crippen LogP contribution in [-0.4, -0.2) is 21.4 Å². The number of anilines is 1. The highest BCUT2D eigenvalue weighted by Crippen LogP contribution is 2.25. The minimum Gasteiger partial charge on any atom is -0.353 e. The molecule has 5 nitrogen and oxygen atoms in total. The zero-order chi connectivity index (χ0) is 13.4. The van der Waals surface area contributed by atoms with Gasteiger partial charge >= 0.3 is 0 Å². The van der Waals surface area contributed by atoms with Crippen LogP contribution in [0.5, 0.6) is 0 Å². The number of aryl methyl sites for hydroxylation is 1. The van der Waals surface area contributed by atoms with Crippen molar-refractivity contribution in [2.45, 2.75) is 20.0 Å². The van der Waals surface area contributed by atoms with Gasteiger partial charge < -0.3 is 10.6 Å². The second-order valence-electron chi connectivity index (χ2n) is 4.36. The number of hydrogen-bond donors (Lipinski definition) is 1. The van der Waals surface area contributed by atoms with E-state index < -0.39 is 0 Å². The molecule has 3 aromatic heterocycles. The van der Waals surface area contributed by atoms with Crippen LogP contribution >= 0.6 is 22.7 Å². The molecule has 0 atom stereocenters. The van der Waals surface area contributed by atoms with Crippen molar-refractivity contribution >= 4 is 33.5 Å². The Labute approximate surface area is 119 Å². The average molecular weight is 293 g/mol. The van der Waals surface area contributed by atoms with Gasteiger partial charge in [-0.15, -0.1) is 22.7 Å². The highest BCUT2D eigenvalue weighted by Gasteiger charge is 2.16. The Morgan fingerprint density at radius 1 is 1.42 bits per heavy atom. The van der Waals surface area contributed by atoms with E-state index in [1.54, 1.807) is 22.7 Å². The van der Waals surface area contributed by atoms with E-state index in [0.717, 1.165) is 28.7 Å². The SMILES string of the molecule is Cc1ncsc1CN(C)c1nc2sccn2c1CN. The van der Waals surface area contributed by atoms with Crippen molar-refractivity contribution in [3.8, 4) is 0 Å². The van der Waals surface area contributed by atoms with Gasteiger partial charge in [0.15, 0.2) is 10.8 Å². The van der Waals surface area contributed by atoms with Gasteiger partial charge in [0.05, 0.1) is 23.4 Å². The molecule has 3 aromatic rings. The van der Waals surface area contributed by atoms with Crippen LogP contribution in [0.15, 0.2) is 17.1 Å². The molecule has 0 radical (unpaired) electrons. The van der Waals surface area contributed by atoms with Crippen molar-refractivity contribution in [2.75, 3.05) is 11.9 Å². The Kier molecular flexibility index (Phi) is 3.26. The molecule has 3 rings (SSSR count). The summed E-state index contributed by atoms with van der Waals surface area (Å²) in [6.07, 6.45) is 2.02. The van der Waals surface area contributed by atoms with Crippen LogP contribution in [-0.2, 0) is 13.1 Å². The van der Waals surface area contributed by atoms with E-state index in [9.17, 15) is 0 Å². The molecule has 0 saturated heterocycles. The third-order valence-corrected chi connectivity index (χ3v) is 4.80. The maximum atomic E-state index is 5.87. The van der Waals surface area contributed by atoms with Gasteiger partial charge in [-0.05, 0) is 6.92 Å². The largest absolute Gasteiger partial charge is 0.353 e. The van der Waals surface area contributed by atoms with Crippen LogP contribution in [0.25, 0.3) is 4.96 Å². The van der Waals surface area contributed by atoms with E-state index in [1.165, 1.54) is 4.88 Å². The fourth-order valence-electron chi connectivity index (χ4n) is 2.08. The summed E-state index contributed by atoms with van der Waals surface area (Å²) in [5.74, 6) is 0.960. The van der Waals surface area contributed by atoms with E-state index in [0.29, 0.717) is 6.54 Å². The Bertz CT molecular complexity index is 696. The number of thiazole rings is 2. The lowest BCUT2D eigenvalue weighted by Gasteiger charge is -2.17. The molecule has 0 unspecified atom stereocenters. The van der Waals surface area contributed by atoms with Crippen LogP contribution < -0.4 is 10.6 Å².